The maximum atomic E-state index is 12.4. The van der Waals surface area contributed by atoms with Crippen LogP contribution >= 0.6 is 0 Å². The minimum Gasteiger partial charge on any atom is -0.496 e. The Kier molecular flexibility index (Phi) is 7.47. The smallest absolute Gasteiger partial charge is 0.251 e. The normalized spacial score (nSPS) is 11.3. The van der Waals surface area contributed by atoms with E-state index in [-0.39, 0.29) is 6.54 Å². The molecule has 0 amide bonds. The first-order chi connectivity index (χ1) is 9.56. The summed E-state index contributed by atoms with van der Waals surface area (Å²) < 4.78 is 30.0. The van der Waals surface area contributed by atoms with Gasteiger partial charge in [0.2, 0.25) is 0 Å². The number of hydrogen-bond donors (Lipinski definition) is 1. The Labute approximate surface area is 119 Å². The van der Waals surface area contributed by atoms with Crippen molar-refractivity contribution in [1.82, 2.24) is 10.2 Å². The van der Waals surface area contributed by atoms with Gasteiger partial charge >= 0.3 is 0 Å². The summed E-state index contributed by atoms with van der Waals surface area (Å²) in [5, 5.41) is 3.33. The summed E-state index contributed by atoms with van der Waals surface area (Å²) in [6, 6.07) is 5.91. The minimum absolute atomic E-state index is 0.235. The largest absolute Gasteiger partial charge is 0.496 e. The van der Waals surface area contributed by atoms with Gasteiger partial charge in [-0.3, -0.25) is 4.90 Å². The molecule has 0 aromatic heterocycles. The predicted octanol–water partition coefficient (Wildman–Crippen LogP) is 2.89. The molecule has 0 aliphatic carbocycles. The van der Waals surface area contributed by atoms with Gasteiger partial charge in [-0.15, -0.1) is 0 Å². The predicted molar refractivity (Wildman–Crippen MR) is 77.3 cm³/mol. The second kappa shape index (κ2) is 8.87. The van der Waals surface area contributed by atoms with Crippen LogP contribution in [-0.2, 0) is 13.1 Å². The van der Waals surface area contributed by atoms with E-state index in [0.717, 1.165) is 36.4 Å². The zero-order valence-corrected chi connectivity index (χ0v) is 12.5. The lowest BCUT2D eigenvalue weighted by Crippen LogP contribution is -2.24. The summed E-state index contributed by atoms with van der Waals surface area (Å²) in [5.74, 6) is 0.741. The molecule has 1 aromatic carbocycles. The third-order valence-electron chi connectivity index (χ3n) is 2.99. The summed E-state index contributed by atoms with van der Waals surface area (Å²) in [5.41, 5.74) is 2.08. The van der Waals surface area contributed by atoms with Crippen molar-refractivity contribution in [2.75, 3.05) is 27.2 Å². The van der Waals surface area contributed by atoms with Crippen LogP contribution in [0.3, 0.4) is 0 Å². The van der Waals surface area contributed by atoms with E-state index >= 15 is 0 Å². The number of rotatable bonds is 9. The summed E-state index contributed by atoms with van der Waals surface area (Å²) in [4.78, 5) is 1.60. The molecule has 3 nitrogen and oxygen atoms in total. The Bertz CT molecular complexity index is 399. The standard InChI is InChI=1S/C15H24F2N2O/c1-4-7-18-9-12-5-6-14(20-3)13(8-12)10-19(2)11-15(16)17/h5-6,8,15,18H,4,7,9-11H2,1-3H3. The second-order valence-electron chi connectivity index (χ2n) is 4.91. The van der Waals surface area contributed by atoms with Crippen LogP contribution in [0.4, 0.5) is 8.78 Å². The first kappa shape index (κ1) is 16.9. The topological polar surface area (TPSA) is 24.5 Å². The van der Waals surface area contributed by atoms with Crippen molar-refractivity contribution in [2.45, 2.75) is 32.9 Å². The summed E-state index contributed by atoms with van der Waals surface area (Å²) in [7, 11) is 3.29. The molecule has 0 unspecified atom stereocenters. The molecule has 0 radical (unpaired) electrons. The Morgan fingerprint density at radius 3 is 2.70 bits per heavy atom. The van der Waals surface area contributed by atoms with E-state index in [2.05, 4.69) is 12.2 Å². The lowest BCUT2D eigenvalue weighted by Gasteiger charge is -2.18. The summed E-state index contributed by atoms with van der Waals surface area (Å²) in [6.45, 7) is 4.08. The highest BCUT2D eigenvalue weighted by molar-refractivity contribution is 5.37. The van der Waals surface area contributed by atoms with Gasteiger partial charge in [-0.05, 0) is 37.7 Å². The van der Waals surface area contributed by atoms with Crippen molar-refractivity contribution < 1.29 is 13.5 Å². The van der Waals surface area contributed by atoms with E-state index in [1.807, 2.05) is 18.2 Å². The first-order valence-corrected chi connectivity index (χ1v) is 6.90. The van der Waals surface area contributed by atoms with E-state index in [1.54, 1.807) is 19.1 Å². The quantitative estimate of drug-likeness (QED) is 0.706. The first-order valence-electron chi connectivity index (χ1n) is 6.90. The lowest BCUT2D eigenvalue weighted by molar-refractivity contribution is 0.0972. The van der Waals surface area contributed by atoms with Gasteiger partial charge in [-0.2, -0.15) is 0 Å². The van der Waals surface area contributed by atoms with Crippen molar-refractivity contribution in [3.8, 4) is 5.75 Å². The molecular weight excluding hydrogens is 262 g/mol. The van der Waals surface area contributed by atoms with Crippen LogP contribution in [0.2, 0.25) is 0 Å². The van der Waals surface area contributed by atoms with Crippen LogP contribution in [0, 0.1) is 0 Å². The van der Waals surface area contributed by atoms with Gasteiger partial charge in [-0.25, -0.2) is 8.78 Å². The molecule has 1 N–H and O–H groups in total. The van der Waals surface area contributed by atoms with Crippen LogP contribution in [0.1, 0.15) is 24.5 Å². The maximum Gasteiger partial charge on any atom is 0.251 e. The van der Waals surface area contributed by atoms with E-state index < -0.39 is 6.43 Å². The lowest BCUT2D eigenvalue weighted by atomic mass is 10.1. The van der Waals surface area contributed by atoms with E-state index in [9.17, 15) is 8.78 Å². The Balaban J connectivity index is 2.72. The number of alkyl halides is 2. The van der Waals surface area contributed by atoms with Crippen molar-refractivity contribution in [1.29, 1.82) is 0 Å². The van der Waals surface area contributed by atoms with Gasteiger partial charge in [0.05, 0.1) is 13.7 Å². The molecule has 0 fully saturated rings. The molecule has 1 aromatic rings. The number of nitrogens with one attached hydrogen (secondary N) is 1. The number of hydrogen-bond acceptors (Lipinski definition) is 3. The summed E-state index contributed by atoms with van der Waals surface area (Å²) in [6.07, 6.45) is -1.24. The molecule has 0 saturated carbocycles. The molecule has 1 rings (SSSR count). The fourth-order valence-electron chi connectivity index (χ4n) is 2.07. The van der Waals surface area contributed by atoms with E-state index in [1.165, 1.54) is 0 Å². The highest BCUT2D eigenvalue weighted by Gasteiger charge is 2.11. The molecule has 0 heterocycles. The van der Waals surface area contributed by atoms with Gasteiger partial charge in [0, 0.05) is 18.7 Å². The van der Waals surface area contributed by atoms with Crippen LogP contribution in [0.15, 0.2) is 18.2 Å². The van der Waals surface area contributed by atoms with Gasteiger partial charge in [0.15, 0.2) is 0 Å². The molecule has 0 spiro atoms. The number of benzene rings is 1. The maximum absolute atomic E-state index is 12.4. The fourth-order valence-corrected chi connectivity index (χ4v) is 2.07. The molecule has 0 bridgehead atoms. The Hall–Kier alpha value is -1.20. The Morgan fingerprint density at radius 2 is 2.10 bits per heavy atom. The zero-order chi connectivity index (χ0) is 15.0. The van der Waals surface area contributed by atoms with Gasteiger partial charge < -0.3 is 10.1 Å². The molecule has 0 atom stereocenters. The van der Waals surface area contributed by atoms with Crippen molar-refractivity contribution in [3.05, 3.63) is 29.3 Å². The highest BCUT2D eigenvalue weighted by Crippen LogP contribution is 2.21. The molecule has 0 aliphatic rings. The number of halogens is 2. The average Bonchev–Trinajstić information content (AvgIpc) is 2.38. The van der Waals surface area contributed by atoms with Crippen LogP contribution in [0.5, 0.6) is 5.75 Å². The molecule has 0 aliphatic heterocycles. The minimum atomic E-state index is -2.32. The highest BCUT2D eigenvalue weighted by atomic mass is 19.3. The molecule has 5 heteroatoms. The van der Waals surface area contributed by atoms with Gasteiger partial charge in [-0.1, -0.05) is 13.0 Å². The molecule has 114 valence electrons. The van der Waals surface area contributed by atoms with Crippen molar-refractivity contribution >= 4 is 0 Å². The Morgan fingerprint density at radius 1 is 1.35 bits per heavy atom. The SMILES string of the molecule is CCCNCc1ccc(OC)c(CN(C)CC(F)F)c1. The number of methoxy groups -OCH3 is 1. The van der Waals surface area contributed by atoms with Crippen molar-refractivity contribution in [3.63, 3.8) is 0 Å². The van der Waals surface area contributed by atoms with Crippen molar-refractivity contribution in [2.24, 2.45) is 0 Å². The monoisotopic (exact) mass is 286 g/mol. The third kappa shape index (κ3) is 5.84. The van der Waals surface area contributed by atoms with Gasteiger partial charge in [0.1, 0.15) is 5.75 Å². The summed E-state index contributed by atoms with van der Waals surface area (Å²) >= 11 is 0. The third-order valence-corrected chi connectivity index (χ3v) is 2.99. The second-order valence-corrected chi connectivity index (χ2v) is 4.91. The van der Waals surface area contributed by atoms with Crippen LogP contribution < -0.4 is 10.1 Å². The fraction of sp³-hybridized carbons (Fsp3) is 0.600. The molecule has 20 heavy (non-hydrogen) atoms. The van der Waals surface area contributed by atoms with Gasteiger partial charge in [0.25, 0.3) is 6.43 Å². The zero-order valence-electron chi connectivity index (χ0n) is 12.5. The average molecular weight is 286 g/mol. The van der Waals surface area contributed by atoms with Crippen LogP contribution in [-0.4, -0.2) is 38.6 Å². The van der Waals surface area contributed by atoms with Crippen LogP contribution in [0.25, 0.3) is 0 Å². The molecule has 0 saturated heterocycles. The number of nitrogens with zero attached hydrogens (tertiary/aromatic N) is 1. The van der Waals surface area contributed by atoms with E-state index in [4.69, 9.17) is 4.74 Å². The molecular formula is C15H24F2N2O. The van der Waals surface area contributed by atoms with E-state index in [0.29, 0.717) is 6.54 Å². The number of ether oxygens (including phenoxy) is 1.